The molecule has 0 atom stereocenters. The quantitative estimate of drug-likeness (QED) is 0.702. The predicted octanol–water partition coefficient (Wildman–Crippen LogP) is 1.68. The molecule has 27 heavy (non-hydrogen) atoms. The highest BCUT2D eigenvalue weighted by molar-refractivity contribution is 7.12. The third-order valence-electron chi connectivity index (χ3n) is 4.43. The molecule has 2 heterocycles. The number of hydrogen-bond acceptors (Lipinski definition) is 5. The summed E-state index contributed by atoms with van der Waals surface area (Å²) in [5.41, 5.74) is 6.29. The maximum atomic E-state index is 12.5. The van der Waals surface area contributed by atoms with Crippen LogP contribution in [0.1, 0.15) is 32.9 Å². The Balaban J connectivity index is 1.54. The van der Waals surface area contributed by atoms with Crippen LogP contribution in [0.3, 0.4) is 0 Å². The molecule has 4 N–H and O–H groups in total. The number of nitrogens with zero attached hydrogens (tertiary/aromatic N) is 1. The molecule has 1 aliphatic rings. The fourth-order valence-electron chi connectivity index (χ4n) is 3.06. The number of carbonyl (C=O) groups excluding carboxylic acids is 3. The molecule has 1 aromatic carbocycles. The maximum Gasteiger partial charge on any atom is 0.265 e. The van der Waals surface area contributed by atoms with Crippen molar-refractivity contribution >= 4 is 34.7 Å². The van der Waals surface area contributed by atoms with Crippen LogP contribution in [0.15, 0.2) is 41.8 Å². The first-order valence-electron chi connectivity index (χ1n) is 8.77. The minimum Gasteiger partial charge on any atom is -0.369 e. The second kappa shape index (κ2) is 8.79. The highest BCUT2D eigenvalue weighted by Gasteiger charge is 2.22. The number of piperidine rings is 1. The van der Waals surface area contributed by atoms with Gasteiger partial charge < -0.3 is 16.4 Å². The normalized spacial score (nSPS) is 15.3. The average molecular weight is 386 g/mol. The number of benzene rings is 1. The predicted molar refractivity (Wildman–Crippen MR) is 105 cm³/mol. The van der Waals surface area contributed by atoms with Gasteiger partial charge in [-0.25, -0.2) is 0 Å². The zero-order valence-corrected chi connectivity index (χ0v) is 15.6. The van der Waals surface area contributed by atoms with Gasteiger partial charge >= 0.3 is 0 Å². The number of likely N-dealkylation sites (tertiary alicyclic amines) is 1. The summed E-state index contributed by atoms with van der Waals surface area (Å²) in [6.45, 7) is 1.71. The molecule has 2 aromatic rings. The Kier molecular flexibility index (Phi) is 6.20. The molecule has 3 rings (SSSR count). The second-order valence-corrected chi connectivity index (χ2v) is 7.45. The van der Waals surface area contributed by atoms with Crippen LogP contribution < -0.4 is 16.4 Å². The van der Waals surface area contributed by atoms with Crippen LogP contribution in [0.4, 0.5) is 5.69 Å². The largest absolute Gasteiger partial charge is 0.369 e. The van der Waals surface area contributed by atoms with E-state index in [1.54, 1.807) is 30.3 Å². The Morgan fingerprint density at radius 2 is 1.89 bits per heavy atom. The number of hydrogen-bond donors (Lipinski definition) is 3. The number of thiophene rings is 1. The van der Waals surface area contributed by atoms with E-state index in [2.05, 4.69) is 10.6 Å². The topological polar surface area (TPSA) is 105 Å². The lowest BCUT2D eigenvalue weighted by Crippen LogP contribution is -2.46. The molecule has 1 fully saturated rings. The van der Waals surface area contributed by atoms with E-state index in [0.717, 1.165) is 25.9 Å². The molecular weight excluding hydrogens is 364 g/mol. The first-order valence-corrected chi connectivity index (χ1v) is 9.65. The molecule has 1 aromatic heterocycles. The van der Waals surface area contributed by atoms with Gasteiger partial charge in [-0.1, -0.05) is 12.1 Å². The Labute approximate surface area is 161 Å². The number of amides is 3. The van der Waals surface area contributed by atoms with Crippen LogP contribution in [0.25, 0.3) is 0 Å². The zero-order valence-electron chi connectivity index (χ0n) is 14.8. The van der Waals surface area contributed by atoms with E-state index in [9.17, 15) is 14.4 Å². The number of primary amides is 1. The Hall–Kier alpha value is -2.71. The molecule has 1 saturated heterocycles. The summed E-state index contributed by atoms with van der Waals surface area (Å²) in [7, 11) is 0. The third kappa shape index (κ3) is 5.38. The number of carbonyl (C=O) groups is 3. The van der Waals surface area contributed by atoms with Gasteiger partial charge in [0.05, 0.1) is 11.4 Å². The Morgan fingerprint density at radius 1 is 1.11 bits per heavy atom. The molecular formula is C19H22N4O3S. The van der Waals surface area contributed by atoms with Crippen molar-refractivity contribution in [1.82, 2.24) is 10.2 Å². The van der Waals surface area contributed by atoms with E-state index in [4.69, 9.17) is 5.73 Å². The fraction of sp³-hybridized carbons (Fsp3) is 0.316. The van der Waals surface area contributed by atoms with Crippen molar-refractivity contribution in [2.75, 3.05) is 25.0 Å². The van der Waals surface area contributed by atoms with Gasteiger partial charge in [-0.15, -0.1) is 11.3 Å². The molecule has 0 saturated carbocycles. The SMILES string of the molecule is NC(=O)CN1CCC(NC(=O)c2cccc(NC(=O)c3cccs3)c2)CC1. The molecule has 0 bridgehead atoms. The van der Waals surface area contributed by atoms with E-state index >= 15 is 0 Å². The average Bonchev–Trinajstić information content (AvgIpc) is 3.18. The molecule has 3 amide bonds. The van der Waals surface area contributed by atoms with Crippen molar-refractivity contribution in [1.29, 1.82) is 0 Å². The first kappa shape index (κ1) is 19.1. The molecule has 0 aliphatic carbocycles. The van der Waals surface area contributed by atoms with E-state index in [0.29, 0.717) is 16.1 Å². The van der Waals surface area contributed by atoms with Crippen molar-refractivity contribution in [2.45, 2.75) is 18.9 Å². The summed E-state index contributed by atoms with van der Waals surface area (Å²) in [4.78, 5) is 38.3. The van der Waals surface area contributed by atoms with E-state index in [-0.39, 0.29) is 30.3 Å². The Morgan fingerprint density at radius 3 is 2.56 bits per heavy atom. The van der Waals surface area contributed by atoms with Crippen molar-refractivity contribution < 1.29 is 14.4 Å². The molecule has 0 radical (unpaired) electrons. The molecule has 1 aliphatic heterocycles. The minimum absolute atomic E-state index is 0.0611. The van der Waals surface area contributed by atoms with Gasteiger partial charge in [0.15, 0.2) is 0 Å². The van der Waals surface area contributed by atoms with Crippen molar-refractivity contribution in [3.8, 4) is 0 Å². The number of nitrogens with two attached hydrogens (primary N) is 1. The van der Waals surface area contributed by atoms with Gasteiger partial charge in [0.2, 0.25) is 5.91 Å². The summed E-state index contributed by atoms with van der Waals surface area (Å²) in [6.07, 6.45) is 1.54. The van der Waals surface area contributed by atoms with Gasteiger partial charge in [-0.3, -0.25) is 19.3 Å². The van der Waals surface area contributed by atoms with Gasteiger partial charge in [-0.05, 0) is 42.5 Å². The molecule has 0 unspecified atom stereocenters. The van der Waals surface area contributed by atoms with Crippen molar-refractivity contribution in [3.63, 3.8) is 0 Å². The Bertz CT molecular complexity index is 814. The summed E-state index contributed by atoms with van der Waals surface area (Å²) in [6, 6.07) is 10.5. The minimum atomic E-state index is -0.334. The standard InChI is InChI=1S/C19H22N4O3S/c20-17(24)12-23-8-6-14(7-9-23)21-18(25)13-3-1-4-15(11-13)22-19(26)16-5-2-10-27-16/h1-5,10-11,14H,6-9,12H2,(H2,20,24)(H,21,25)(H,22,26). The van der Waals surface area contributed by atoms with Crippen LogP contribution in [-0.2, 0) is 4.79 Å². The van der Waals surface area contributed by atoms with Gasteiger partial charge in [0, 0.05) is 30.4 Å². The molecule has 8 heteroatoms. The van der Waals surface area contributed by atoms with Crippen LogP contribution in [0.5, 0.6) is 0 Å². The van der Waals surface area contributed by atoms with Gasteiger partial charge in [-0.2, -0.15) is 0 Å². The molecule has 0 spiro atoms. The lowest BCUT2D eigenvalue weighted by molar-refractivity contribution is -0.119. The lowest BCUT2D eigenvalue weighted by Gasteiger charge is -2.31. The van der Waals surface area contributed by atoms with Crippen LogP contribution in [0, 0.1) is 0 Å². The van der Waals surface area contributed by atoms with Crippen LogP contribution in [0.2, 0.25) is 0 Å². The first-order chi connectivity index (χ1) is 13.0. The summed E-state index contributed by atoms with van der Waals surface area (Å²) in [5, 5.41) is 7.67. The van der Waals surface area contributed by atoms with E-state index in [1.807, 2.05) is 16.3 Å². The monoisotopic (exact) mass is 386 g/mol. The van der Waals surface area contributed by atoms with Gasteiger partial charge in [0.1, 0.15) is 0 Å². The lowest BCUT2D eigenvalue weighted by atomic mass is 10.0. The zero-order chi connectivity index (χ0) is 19.2. The second-order valence-electron chi connectivity index (χ2n) is 6.50. The number of rotatable bonds is 6. The van der Waals surface area contributed by atoms with Crippen LogP contribution in [-0.4, -0.2) is 48.3 Å². The van der Waals surface area contributed by atoms with Crippen molar-refractivity contribution in [2.24, 2.45) is 5.73 Å². The highest BCUT2D eigenvalue weighted by Crippen LogP contribution is 2.16. The smallest absolute Gasteiger partial charge is 0.265 e. The molecule has 7 nitrogen and oxygen atoms in total. The fourth-order valence-corrected chi connectivity index (χ4v) is 3.68. The summed E-state index contributed by atoms with van der Waals surface area (Å²) < 4.78 is 0. The van der Waals surface area contributed by atoms with Crippen molar-refractivity contribution in [3.05, 3.63) is 52.2 Å². The summed E-state index contributed by atoms with van der Waals surface area (Å²) in [5.74, 6) is -0.696. The van der Waals surface area contributed by atoms with Crippen LogP contribution >= 0.6 is 11.3 Å². The number of nitrogens with one attached hydrogen (secondary N) is 2. The van der Waals surface area contributed by atoms with Gasteiger partial charge in [0.25, 0.3) is 11.8 Å². The highest BCUT2D eigenvalue weighted by atomic mass is 32.1. The summed E-state index contributed by atoms with van der Waals surface area (Å²) >= 11 is 1.36. The third-order valence-corrected chi connectivity index (χ3v) is 5.30. The maximum absolute atomic E-state index is 12.5. The van der Waals surface area contributed by atoms with E-state index < -0.39 is 0 Å². The number of anilines is 1. The van der Waals surface area contributed by atoms with E-state index in [1.165, 1.54) is 11.3 Å². The molecule has 142 valence electrons.